The minimum atomic E-state index is -4.74. The highest BCUT2D eigenvalue weighted by Crippen LogP contribution is 2.42. The number of rotatable bonds is 3. The zero-order valence-corrected chi connectivity index (χ0v) is 12.4. The van der Waals surface area contributed by atoms with Crippen LogP contribution >= 0.6 is 11.3 Å². The van der Waals surface area contributed by atoms with Gasteiger partial charge in [-0.3, -0.25) is 5.10 Å². The Kier molecular flexibility index (Phi) is 3.08. The number of hydrogen-bond donors (Lipinski definition) is 2. The van der Waals surface area contributed by atoms with Crippen molar-refractivity contribution in [2.75, 3.05) is 5.32 Å². The Morgan fingerprint density at radius 1 is 1.22 bits per heavy atom. The van der Waals surface area contributed by atoms with E-state index in [1.54, 1.807) is 17.4 Å². The molecular formula is C15H10F3N3OS. The van der Waals surface area contributed by atoms with E-state index in [4.69, 9.17) is 0 Å². The molecule has 0 saturated carbocycles. The molecule has 1 aliphatic rings. The Balaban J connectivity index is 1.65. The molecule has 1 aliphatic carbocycles. The van der Waals surface area contributed by atoms with Crippen LogP contribution in [0.25, 0.3) is 11.3 Å². The second kappa shape index (κ2) is 5.02. The van der Waals surface area contributed by atoms with Gasteiger partial charge >= 0.3 is 6.36 Å². The molecule has 3 aromatic rings. The lowest BCUT2D eigenvalue weighted by Crippen LogP contribution is -2.17. The summed E-state index contributed by atoms with van der Waals surface area (Å²) < 4.78 is 41.5. The Hall–Kier alpha value is -2.48. The zero-order valence-electron chi connectivity index (χ0n) is 11.6. The molecule has 0 amide bonds. The summed E-state index contributed by atoms with van der Waals surface area (Å²) in [6.45, 7) is 0. The fourth-order valence-electron chi connectivity index (χ4n) is 2.64. The van der Waals surface area contributed by atoms with Crippen LogP contribution in [0.2, 0.25) is 0 Å². The summed E-state index contributed by atoms with van der Waals surface area (Å²) in [6.07, 6.45) is -4.03. The van der Waals surface area contributed by atoms with E-state index in [1.807, 2.05) is 11.4 Å². The fraction of sp³-hybridized carbons (Fsp3) is 0.133. The van der Waals surface area contributed by atoms with E-state index < -0.39 is 6.36 Å². The Bertz CT molecular complexity index is 869. The summed E-state index contributed by atoms with van der Waals surface area (Å²) in [5.74, 6) is 0.228. The predicted octanol–water partition coefficient (Wildman–Crippen LogP) is 4.68. The second-order valence-electron chi connectivity index (χ2n) is 5.03. The van der Waals surface area contributed by atoms with Gasteiger partial charge in [0.2, 0.25) is 0 Å². The van der Waals surface area contributed by atoms with E-state index in [0.717, 1.165) is 16.8 Å². The first-order valence-electron chi connectivity index (χ1n) is 6.77. The molecule has 0 fully saturated rings. The average Bonchev–Trinajstić information content (AvgIpc) is 3.13. The Labute approximate surface area is 132 Å². The molecule has 0 bridgehead atoms. The number of halogens is 3. The molecule has 0 unspecified atom stereocenters. The molecule has 1 aromatic carbocycles. The first-order valence-corrected chi connectivity index (χ1v) is 7.65. The highest BCUT2D eigenvalue weighted by molar-refractivity contribution is 7.10. The van der Waals surface area contributed by atoms with Crippen molar-refractivity contribution >= 4 is 22.8 Å². The van der Waals surface area contributed by atoms with Gasteiger partial charge in [0.1, 0.15) is 0 Å². The zero-order chi connectivity index (χ0) is 16.0. The van der Waals surface area contributed by atoms with Crippen molar-refractivity contribution in [3.05, 3.63) is 46.2 Å². The van der Waals surface area contributed by atoms with E-state index in [-0.39, 0.29) is 11.4 Å². The predicted molar refractivity (Wildman–Crippen MR) is 81.1 cm³/mol. The molecule has 0 aliphatic heterocycles. The third-order valence-corrected chi connectivity index (χ3v) is 4.51. The molecule has 8 heteroatoms. The number of ether oxygens (including phenoxy) is 1. The SMILES string of the molecule is FC(F)(F)Oc1ccccc1Nc1n[nH]c2c1Cc1sccc1-2. The van der Waals surface area contributed by atoms with Crippen molar-refractivity contribution in [1.29, 1.82) is 0 Å². The molecule has 0 atom stereocenters. The summed E-state index contributed by atoms with van der Waals surface area (Å²) in [4.78, 5) is 1.22. The third-order valence-electron chi connectivity index (χ3n) is 3.59. The molecular weight excluding hydrogens is 327 g/mol. The summed E-state index contributed by atoms with van der Waals surface area (Å²) in [5, 5.41) is 12.1. The van der Waals surface area contributed by atoms with E-state index in [2.05, 4.69) is 20.3 Å². The number of thiophene rings is 1. The van der Waals surface area contributed by atoms with Gasteiger partial charge in [0.25, 0.3) is 0 Å². The summed E-state index contributed by atoms with van der Waals surface area (Å²) in [6, 6.07) is 7.91. The maximum atomic E-state index is 12.5. The van der Waals surface area contributed by atoms with Gasteiger partial charge in [-0.15, -0.1) is 24.5 Å². The topological polar surface area (TPSA) is 49.9 Å². The van der Waals surface area contributed by atoms with E-state index in [1.165, 1.54) is 23.1 Å². The number of nitrogens with one attached hydrogen (secondary N) is 2. The van der Waals surface area contributed by atoms with Gasteiger partial charge < -0.3 is 10.1 Å². The van der Waals surface area contributed by atoms with Crippen LogP contribution < -0.4 is 10.1 Å². The summed E-state index contributed by atoms with van der Waals surface area (Å²) in [5.41, 5.74) is 3.19. The standard InChI is InChI=1S/C15H10F3N3OS/c16-15(17,18)22-11-4-2-1-3-10(11)19-14-9-7-12-8(5-6-23-12)13(9)20-21-14/h1-6H,7H2,(H2,19,20,21). The van der Waals surface area contributed by atoms with Crippen molar-refractivity contribution in [3.8, 4) is 17.0 Å². The van der Waals surface area contributed by atoms with E-state index >= 15 is 0 Å². The first-order chi connectivity index (χ1) is 11.0. The number of aromatic amines is 1. The molecule has 23 heavy (non-hydrogen) atoms. The van der Waals surface area contributed by atoms with Crippen LogP contribution in [0.4, 0.5) is 24.7 Å². The maximum Gasteiger partial charge on any atom is 0.573 e. The average molecular weight is 337 g/mol. The minimum absolute atomic E-state index is 0.217. The minimum Gasteiger partial charge on any atom is -0.404 e. The van der Waals surface area contributed by atoms with Gasteiger partial charge in [0.05, 0.1) is 11.4 Å². The van der Waals surface area contributed by atoms with Gasteiger partial charge in [-0.1, -0.05) is 12.1 Å². The highest BCUT2D eigenvalue weighted by atomic mass is 32.1. The van der Waals surface area contributed by atoms with Gasteiger partial charge in [0, 0.05) is 22.4 Å². The van der Waals surface area contributed by atoms with E-state index in [0.29, 0.717) is 12.2 Å². The number of nitrogens with zero attached hydrogens (tertiary/aromatic N) is 1. The van der Waals surface area contributed by atoms with Gasteiger partial charge in [-0.25, -0.2) is 0 Å². The van der Waals surface area contributed by atoms with Crippen molar-refractivity contribution in [2.24, 2.45) is 0 Å². The lowest BCUT2D eigenvalue weighted by atomic mass is 10.2. The first kappa shape index (κ1) is 14.1. The molecule has 118 valence electrons. The number of benzene rings is 1. The van der Waals surface area contributed by atoms with E-state index in [9.17, 15) is 13.2 Å². The molecule has 0 radical (unpaired) electrons. The van der Waals surface area contributed by atoms with Crippen LogP contribution in [0, 0.1) is 0 Å². The number of para-hydroxylation sites is 2. The largest absolute Gasteiger partial charge is 0.573 e. The second-order valence-corrected chi connectivity index (χ2v) is 6.03. The van der Waals surface area contributed by atoms with Gasteiger partial charge in [0.15, 0.2) is 11.6 Å². The van der Waals surface area contributed by atoms with Crippen molar-refractivity contribution < 1.29 is 17.9 Å². The molecule has 2 heterocycles. The molecule has 4 rings (SSSR count). The molecule has 2 aromatic heterocycles. The van der Waals surface area contributed by atoms with Crippen LogP contribution in [0.15, 0.2) is 35.7 Å². The fourth-order valence-corrected chi connectivity index (χ4v) is 3.53. The van der Waals surface area contributed by atoms with Gasteiger partial charge in [-0.2, -0.15) is 5.10 Å². The van der Waals surface area contributed by atoms with Crippen molar-refractivity contribution in [2.45, 2.75) is 12.8 Å². The summed E-state index contributed by atoms with van der Waals surface area (Å²) >= 11 is 1.65. The summed E-state index contributed by atoms with van der Waals surface area (Å²) in [7, 11) is 0. The van der Waals surface area contributed by atoms with Crippen LogP contribution in [-0.2, 0) is 6.42 Å². The number of H-pyrrole nitrogens is 1. The lowest BCUT2D eigenvalue weighted by Gasteiger charge is -2.13. The van der Waals surface area contributed by atoms with Crippen LogP contribution in [0.3, 0.4) is 0 Å². The Morgan fingerprint density at radius 2 is 2.04 bits per heavy atom. The monoisotopic (exact) mass is 337 g/mol. The Morgan fingerprint density at radius 3 is 2.87 bits per heavy atom. The molecule has 4 nitrogen and oxygen atoms in total. The van der Waals surface area contributed by atoms with Crippen molar-refractivity contribution in [1.82, 2.24) is 10.2 Å². The number of aromatic nitrogens is 2. The van der Waals surface area contributed by atoms with Crippen LogP contribution in [-0.4, -0.2) is 16.6 Å². The molecule has 0 saturated heterocycles. The number of fused-ring (bicyclic) bond motifs is 3. The van der Waals surface area contributed by atoms with Crippen LogP contribution in [0.5, 0.6) is 5.75 Å². The normalized spacial score (nSPS) is 12.8. The number of hydrogen-bond acceptors (Lipinski definition) is 4. The number of anilines is 2. The third kappa shape index (κ3) is 2.55. The maximum absolute atomic E-state index is 12.5. The van der Waals surface area contributed by atoms with Crippen LogP contribution in [0.1, 0.15) is 10.4 Å². The number of alkyl halides is 3. The smallest absolute Gasteiger partial charge is 0.404 e. The quantitative estimate of drug-likeness (QED) is 0.570. The van der Waals surface area contributed by atoms with Crippen molar-refractivity contribution in [3.63, 3.8) is 0 Å². The molecule has 0 spiro atoms. The van der Waals surface area contributed by atoms with Gasteiger partial charge in [-0.05, 0) is 23.6 Å². The molecule has 2 N–H and O–H groups in total. The lowest BCUT2D eigenvalue weighted by molar-refractivity contribution is -0.274. The highest BCUT2D eigenvalue weighted by Gasteiger charge is 2.32.